The van der Waals surface area contributed by atoms with Crippen molar-refractivity contribution in [3.63, 3.8) is 0 Å². The van der Waals surface area contributed by atoms with E-state index in [4.69, 9.17) is 28.4 Å². The smallest absolute Gasteiger partial charge is 0.303 e. The number of ether oxygens (including phenoxy) is 6. The number of fused-ring (bicyclic) bond motifs is 1. The minimum Gasteiger partial charge on any atom is -0.507 e. The zero-order chi connectivity index (χ0) is 31.6. The molecule has 15 heteroatoms. The summed E-state index contributed by atoms with van der Waals surface area (Å²) in [5.41, 5.74) is -1.83. The summed E-state index contributed by atoms with van der Waals surface area (Å²) in [5, 5.41) is 31.3. The minimum absolute atomic E-state index is 0.134. The van der Waals surface area contributed by atoms with Crippen molar-refractivity contribution in [1.82, 2.24) is 0 Å². The third kappa shape index (κ3) is 6.15. The van der Waals surface area contributed by atoms with E-state index in [1.165, 1.54) is 13.8 Å². The SMILES string of the molecule is CCC1=C(OC2OC(COC(C)=O)C(OC(C)=O)C(OC(C)=O)C2OC(C)=O)C(=O)c2c(O)c(O)c(C)c(O)c2C1=O. The Morgan fingerprint density at radius 3 is 1.79 bits per heavy atom. The van der Waals surface area contributed by atoms with Gasteiger partial charge in [-0.25, -0.2) is 0 Å². The number of Topliss-reactive ketones (excluding diaryl/α,β-unsaturated/α-hetero) is 2. The van der Waals surface area contributed by atoms with Crippen LogP contribution >= 0.6 is 0 Å². The average Bonchev–Trinajstić information content (AvgIpc) is 2.89. The Morgan fingerprint density at radius 1 is 0.738 bits per heavy atom. The van der Waals surface area contributed by atoms with Crippen LogP contribution in [0.25, 0.3) is 0 Å². The van der Waals surface area contributed by atoms with Gasteiger partial charge in [0.25, 0.3) is 0 Å². The van der Waals surface area contributed by atoms with Gasteiger partial charge in [-0.1, -0.05) is 6.92 Å². The Balaban J connectivity index is 2.18. The van der Waals surface area contributed by atoms with E-state index >= 15 is 0 Å². The van der Waals surface area contributed by atoms with Crippen LogP contribution in [0.4, 0.5) is 0 Å². The number of esters is 4. The second-order valence-electron chi connectivity index (χ2n) is 9.43. The van der Waals surface area contributed by atoms with E-state index in [-0.39, 0.29) is 17.6 Å². The van der Waals surface area contributed by atoms with Crippen LogP contribution in [0.3, 0.4) is 0 Å². The summed E-state index contributed by atoms with van der Waals surface area (Å²) in [4.78, 5) is 74.7. The van der Waals surface area contributed by atoms with Gasteiger partial charge in [0.15, 0.2) is 35.2 Å². The molecular formula is C27H30O15. The maximum Gasteiger partial charge on any atom is 0.303 e. The van der Waals surface area contributed by atoms with Gasteiger partial charge < -0.3 is 43.7 Å². The highest BCUT2D eigenvalue weighted by atomic mass is 16.7. The molecule has 0 saturated carbocycles. The predicted molar refractivity (Wildman–Crippen MR) is 135 cm³/mol. The van der Waals surface area contributed by atoms with E-state index in [9.17, 15) is 44.1 Å². The number of benzene rings is 1. The Labute approximate surface area is 238 Å². The molecule has 15 nitrogen and oxygen atoms in total. The predicted octanol–water partition coefficient (Wildman–Crippen LogP) is 1.25. The number of hydrogen-bond donors (Lipinski definition) is 3. The van der Waals surface area contributed by atoms with Crippen LogP contribution in [0, 0.1) is 6.92 Å². The number of aromatic hydroxyl groups is 3. The monoisotopic (exact) mass is 594 g/mol. The number of carbonyl (C=O) groups excluding carboxylic acids is 6. The molecule has 3 N–H and O–H groups in total. The molecule has 1 aromatic carbocycles. The molecule has 3 rings (SSSR count). The van der Waals surface area contributed by atoms with Gasteiger partial charge in [0, 0.05) is 38.8 Å². The summed E-state index contributed by atoms with van der Waals surface area (Å²) in [6.07, 6.45) is -8.23. The molecule has 0 spiro atoms. The molecule has 5 unspecified atom stereocenters. The molecular weight excluding hydrogens is 564 g/mol. The quantitative estimate of drug-likeness (QED) is 0.167. The van der Waals surface area contributed by atoms with Crippen LogP contribution < -0.4 is 0 Å². The van der Waals surface area contributed by atoms with Gasteiger partial charge in [-0.15, -0.1) is 0 Å². The first-order chi connectivity index (χ1) is 19.6. The third-order valence-electron chi connectivity index (χ3n) is 6.40. The summed E-state index contributed by atoms with van der Waals surface area (Å²) in [6.45, 7) is 6.29. The summed E-state index contributed by atoms with van der Waals surface area (Å²) < 4.78 is 32.6. The standard InChI is InChI=1S/C27H30O15/c1-7-14-20(34)16-17(21(35)19(33)9(2)18(16)32)22(36)23(14)42-27-26(40-13(6)31)25(39-12(5)30)24(38-11(4)29)15(41-27)8-37-10(3)28/h15,24-27,32-33,35H,7-8H2,1-6H3. The van der Waals surface area contributed by atoms with Crippen molar-refractivity contribution in [2.45, 2.75) is 78.7 Å². The van der Waals surface area contributed by atoms with E-state index in [1.54, 1.807) is 0 Å². The van der Waals surface area contributed by atoms with Crippen LogP contribution in [-0.4, -0.2) is 88.1 Å². The van der Waals surface area contributed by atoms with Crippen molar-refractivity contribution < 1.29 is 72.5 Å². The molecule has 1 aliphatic heterocycles. The number of ketones is 2. The highest BCUT2D eigenvalue weighted by molar-refractivity contribution is 6.28. The highest BCUT2D eigenvalue weighted by Gasteiger charge is 2.54. The van der Waals surface area contributed by atoms with Crippen LogP contribution in [0.2, 0.25) is 0 Å². The fourth-order valence-electron chi connectivity index (χ4n) is 4.62. The first-order valence-corrected chi connectivity index (χ1v) is 12.7. The Morgan fingerprint density at radius 2 is 1.26 bits per heavy atom. The van der Waals surface area contributed by atoms with Crippen LogP contribution in [-0.2, 0) is 47.6 Å². The number of carbonyl (C=O) groups is 6. The van der Waals surface area contributed by atoms with E-state index in [0.717, 1.165) is 27.7 Å². The van der Waals surface area contributed by atoms with Gasteiger partial charge in [-0.3, -0.25) is 28.8 Å². The maximum absolute atomic E-state index is 13.6. The van der Waals surface area contributed by atoms with Gasteiger partial charge in [0.2, 0.25) is 18.2 Å². The summed E-state index contributed by atoms with van der Waals surface area (Å²) >= 11 is 0. The largest absolute Gasteiger partial charge is 0.507 e. The van der Waals surface area contributed by atoms with Crippen LogP contribution in [0.1, 0.15) is 67.3 Å². The second kappa shape index (κ2) is 12.5. The minimum atomic E-state index is -1.85. The van der Waals surface area contributed by atoms with Crippen molar-refractivity contribution in [1.29, 1.82) is 0 Å². The van der Waals surface area contributed by atoms with E-state index in [0.29, 0.717) is 0 Å². The fourth-order valence-corrected chi connectivity index (χ4v) is 4.62. The van der Waals surface area contributed by atoms with Gasteiger partial charge in [-0.2, -0.15) is 0 Å². The lowest BCUT2D eigenvalue weighted by atomic mass is 9.84. The number of rotatable bonds is 8. The molecule has 1 aliphatic carbocycles. The number of hydrogen-bond acceptors (Lipinski definition) is 15. The first-order valence-electron chi connectivity index (χ1n) is 12.7. The molecule has 1 aromatic rings. The normalized spacial score (nSPS) is 23.5. The van der Waals surface area contributed by atoms with Crippen molar-refractivity contribution >= 4 is 35.4 Å². The maximum atomic E-state index is 13.6. The van der Waals surface area contributed by atoms with E-state index < -0.39 is 107 Å². The second-order valence-corrected chi connectivity index (χ2v) is 9.43. The molecule has 5 atom stereocenters. The lowest BCUT2D eigenvalue weighted by Gasteiger charge is -2.44. The zero-order valence-electron chi connectivity index (χ0n) is 23.5. The molecule has 1 heterocycles. The number of phenols is 3. The first kappa shape index (κ1) is 31.9. The molecule has 2 aliphatic rings. The van der Waals surface area contributed by atoms with Crippen LogP contribution in [0.15, 0.2) is 11.3 Å². The topological polar surface area (TPSA) is 218 Å². The molecule has 0 radical (unpaired) electrons. The molecule has 228 valence electrons. The van der Waals surface area contributed by atoms with Crippen molar-refractivity contribution in [2.75, 3.05) is 6.61 Å². The molecule has 42 heavy (non-hydrogen) atoms. The average molecular weight is 595 g/mol. The zero-order valence-corrected chi connectivity index (χ0v) is 23.5. The van der Waals surface area contributed by atoms with Gasteiger partial charge in [0.1, 0.15) is 18.5 Å². The summed E-state index contributed by atoms with van der Waals surface area (Å²) in [7, 11) is 0. The molecule has 1 fully saturated rings. The van der Waals surface area contributed by atoms with Crippen LogP contribution in [0.5, 0.6) is 17.2 Å². The fraction of sp³-hybridized carbons (Fsp3) is 0.481. The van der Waals surface area contributed by atoms with E-state index in [2.05, 4.69) is 0 Å². The third-order valence-corrected chi connectivity index (χ3v) is 6.40. The molecule has 0 bridgehead atoms. The molecule has 0 amide bonds. The summed E-state index contributed by atoms with van der Waals surface area (Å²) in [5.74, 6) is -8.77. The Bertz CT molecular complexity index is 1370. The van der Waals surface area contributed by atoms with Gasteiger partial charge in [-0.05, 0) is 13.3 Å². The summed E-state index contributed by atoms with van der Waals surface area (Å²) in [6, 6.07) is 0. The highest BCUT2D eigenvalue weighted by Crippen LogP contribution is 2.47. The molecule has 0 aromatic heterocycles. The lowest BCUT2D eigenvalue weighted by molar-refractivity contribution is -0.299. The Kier molecular flexibility index (Phi) is 9.46. The lowest BCUT2D eigenvalue weighted by Crippen LogP contribution is -2.63. The van der Waals surface area contributed by atoms with Gasteiger partial charge in [0.05, 0.1) is 11.1 Å². The number of allylic oxidation sites excluding steroid dienone is 2. The van der Waals surface area contributed by atoms with Crippen molar-refractivity contribution in [3.05, 3.63) is 28.0 Å². The molecule has 1 saturated heterocycles. The Hall–Kier alpha value is -4.66. The van der Waals surface area contributed by atoms with Gasteiger partial charge >= 0.3 is 23.9 Å². The van der Waals surface area contributed by atoms with E-state index in [1.807, 2.05) is 0 Å². The van der Waals surface area contributed by atoms with Crippen molar-refractivity contribution in [2.24, 2.45) is 0 Å². The number of phenolic OH excluding ortho intramolecular Hbond substituents is 3. The van der Waals surface area contributed by atoms with Crippen molar-refractivity contribution in [3.8, 4) is 17.2 Å².